The van der Waals surface area contributed by atoms with Crippen molar-refractivity contribution in [3.05, 3.63) is 28.8 Å². The highest BCUT2D eigenvalue weighted by atomic mass is 19.3. The molecule has 0 unspecified atom stereocenters. The van der Waals surface area contributed by atoms with Gasteiger partial charge in [-0.2, -0.15) is 8.78 Å². The lowest BCUT2D eigenvalue weighted by molar-refractivity contribution is -0.0501. The first-order chi connectivity index (χ1) is 7.47. The van der Waals surface area contributed by atoms with Gasteiger partial charge in [0.05, 0.1) is 5.56 Å². The highest BCUT2D eigenvalue weighted by Gasteiger charge is 2.16. The summed E-state index contributed by atoms with van der Waals surface area (Å²) in [5, 5.41) is 0. The van der Waals surface area contributed by atoms with E-state index in [1.807, 2.05) is 6.92 Å². The van der Waals surface area contributed by atoms with Crippen LogP contribution >= 0.6 is 0 Å². The van der Waals surface area contributed by atoms with Gasteiger partial charge in [-0.15, -0.1) is 0 Å². The second-order valence-corrected chi connectivity index (χ2v) is 3.51. The Morgan fingerprint density at radius 3 is 2.50 bits per heavy atom. The van der Waals surface area contributed by atoms with E-state index in [0.29, 0.717) is 5.56 Å². The van der Waals surface area contributed by atoms with Crippen molar-refractivity contribution in [2.75, 3.05) is 0 Å². The highest BCUT2D eigenvalue weighted by Crippen LogP contribution is 2.27. The molecule has 1 rings (SSSR count). The molecule has 88 valence electrons. The van der Waals surface area contributed by atoms with Crippen molar-refractivity contribution in [3.8, 4) is 5.75 Å². The van der Waals surface area contributed by atoms with Gasteiger partial charge in [-0.1, -0.05) is 13.0 Å². The lowest BCUT2D eigenvalue weighted by atomic mass is 9.97. The first kappa shape index (κ1) is 12.6. The van der Waals surface area contributed by atoms with E-state index >= 15 is 0 Å². The molecule has 0 aliphatic heterocycles. The monoisotopic (exact) mass is 228 g/mol. The average Bonchev–Trinajstić information content (AvgIpc) is 2.16. The van der Waals surface area contributed by atoms with Gasteiger partial charge in [0.25, 0.3) is 0 Å². The van der Waals surface area contributed by atoms with Crippen LogP contribution in [0.15, 0.2) is 12.1 Å². The fourth-order valence-corrected chi connectivity index (χ4v) is 1.74. The molecule has 0 heterocycles. The van der Waals surface area contributed by atoms with Crippen LogP contribution in [-0.4, -0.2) is 12.4 Å². The van der Waals surface area contributed by atoms with E-state index in [9.17, 15) is 13.6 Å². The first-order valence-corrected chi connectivity index (χ1v) is 5.05. The minimum atomic E-state index is -2.91. The number of halogens is 2. The molecule has 0 bridgehead atoms. The summed E-state index contributed by atoms with van der Waals surface area (Å²) in [7, 11) is 0. The maximum Gasteiger partial charge on any atom is 0.387 e. The number of ether oxygens (including phenoxy) is 1. The van der Waals surface area contributed by atoms with Crippen LogP contribution in [-0.2, 0) is 6.42 Å². The summed E-state index contributed by atoms with van der Waals surface area (Å²) >= 11 is 0. The zero-order valence-corrected chi connectivity index (χ0v) is 9.51. The summed E-state index contributed by atoms with van der Waals surface area (Å²) in [5.74, 6) is -0.305. The molecular weight excluding hydrogens is 214 g/mol. The van der Waals surface area contributed by atoms with Gasteiger partial charge in [0, 0.05) is 0 Å². The first-order valence-electron chi connectivity index (χ1n) is 5.05. The summed E-state index contributed by atoms with van der Waals surface area (Å²) in [6, 6.07) is 3.13. The Morgan fingerprint density at radius 1 is 1.44 bits per heavy atom. The van der Waals surface area contributed by atoms with Crippen molar-refractivity contribution in [3.63, 3.8) is 0 Å². The van der Waals surface area contributed by atoms with Crippen molar-refractivity contribution in [2.45, 2.75) is 33.8 Å². The van der Waals surface area contributed by atoms with Crippen molar-refractivity contribution < 1.29 is 18.3 Å². The predicted octanol–water partition coefficient (Wildman–Crippen LogP) is 3.36. The number of hydrogen-bond donors (Lipinski definition) is 0. The number of hydrogen-bond acceptors (Lipinski definition) is 2. The quantitative estimate of drug-likeness (QED) is 0.738. The molecule has 0 spiro atoms. The number of carbonyl (C=O) groups excluding carboxylic acids is 1. The molecule has 0 saturated carbocycles. The topological polar surface area (TPSA) is 26.3 Å². The Labute approximate surface area is 93.2 Å². The van der Waals surface area contributed by atoms with Crippen LogP contribution < -0.4 is 4.74 Å². The average molecular weight is 228 g/mol. The van der Waals surface area contributed by atoms with E-state index in [4.69, 9.17) is 0 Å². The molecule has 0 amide bonds. The predicted molar refractivity (Wildman–Crippen MR) is 57.2 cm³/mol. The summed E-state index contributed by atoms with van der Waals surface area (Å²) in [4.78, 5) is 11.4. The molecular formula is C12H14F2O2. The molecule has 0 aromatic heterocycles. The van der Waals surface area contributed by atoms with Crippen LogP contribution in [0.5, 0.6) is 5.75 Å². The number of alkyl halides is 2. The van der Waals surface area contributed by atoms with Crippen LogP contribution in [0.1, 0.15) is 35.3 Å². The van der Waals surface area contributed by atoms with Gasteiger partial charge in [0.2, 0.25) is 0 Å². The highest BCUT2D eigenvalue weighted by molar-refractivity contribution is 5.98. The summed E-state index contributed by atoms with van der Waals surface area (Å²) in [6.45, 7) is 2.12. The molecule has 0 atom stereocenters. The fraction of sp³-hybridized carbons (Fsp3) is 0.417. The lowest BCUT2D eigenvalue weighted by Gasteiger charge is -2.13. The second kappa shape index (κ2) is 5.05. The smallest absolute Gasteiger partial charge is 0.387 e. The maximum absolute atomic E-state index is 12.1. The van der Waals surface area contributed by atoms with Crippen LogP contribution in [0, 0.1) is 6.92 Å². The summed E-state index contributed by atoms with van der Waals surface area (Å²) in [5.41, 5.74) is 1.93. The number of ketones is 1. The van der Waals surface area contributed by atoms with Gasteiger partial charge >= 0.3 is 6.61 Å². The van der Waals surface area contributed by atoms with E-state index < -0.39 is 6.61 Å². The van der Waals surface area contributed by atoms with Gasteiger partial charge in [-0.25, -0.2) is 0 Å². The van der Waals surface area contributed by atoms with Gasteiger partial charge in [-0.3, -0.25) is 4.79 Å². The molecule has 4 heteroatoms. The van der Waals surface area contributed by atoms with Gasteiger partial charge in [-0.05, 0) is 37.5 Å². The SMILES string of the molecule is CCc1ccc(OC(F)F)c(C(C)=O)c1C. The van der Waals surface area contributed by atoms with E-state index in [-0.39, 0.29) is 17.1 Å². The third-order valence-corrected chi connectivity index (χ3v) is 2.49. The zero-order valence-electron chi connectivity index (χ0n) is 9.51. The van der Waals surface area contributed by atoms with Crippen molar-refractivity contribution >= 4 is 5.78 Å². The van der Waals surface area contributed by atoms with Crippen LogP contribution in [0.3, 0.4) is 0 Å². The molecule has 0 aliphatic rings. The molecule has 1 aromatic rings. The normalized spacial score (nSPS) is 10.6. The molecule has 0 fully saturated rings. The molecule has 2 nitrogen and oxygen atoms in total. The molecule has 16 heavy (non-hydrogen) atoms. The van der Waals surface area contributed by atoms with E-state index in [1.54, 1.807) is 13.0 Å². The van der Waals surface area contributed by atoms with Gasteiger partial charge in [0.1, 0.15) is 5.75 Å². The van der Waals surface area contributed by atoms with Crippen molar-refractivity contribution in [2.24, 2.45) is 0 Å². The molecule has 0 aliphatic carbocycles. The van der Waals surface area contributed by atoms with Gasteiger partial charge in [0.15, 0.2) is 5.78 Å². The Morgan fingerprint density at radius 2 is 2.06 bits per heavy atom. The second-order valence-electron chi connectivity index (χ2n) is 3.51. The zero-order chi connectivity index (χ0) is 12.3. The molecule has 0 saturated heterocycles. The van der Waals surface area contributed by atoms with E-state index in [1.165, 1.54) is 13.0 Å². The van der Waals surface area contributed by atoms with Gasteiger partial charge < -0.3 is 4.74 Å². The number of carbonyl (C=O) groups is 1. The Bertz CT molecular complexity index is 400. The summed E-state index contributed by atoms with van der Waals surface area (Å²) in [6.07, 6.45) is 0.751. The standard InChI is InChI=1S/C12H14F2O2/c1-4-9-5-6-10(16-12(13)14)11(7(9)2)8(3)15/h5-6,12H,4H2,1-3H3. The largest absolute Gasteiger partial charge is 0.434 e. The third-order valence-electron chi connectivity index (χ3n) is 2.49. The van der Waals surface area contributed by atoms with E-state index in [0.717, 1.165) is 12.0 Å². The van der Waals surface area contributed by atoms with Crippen molar-refractivity contribution in [1.29, 1.82) is 0 Å². The number of aryl methyl sites for hydroxylation is 1. The van der Waals surface area contributed by atoms with Crippen molar-refractivity contribution in [1.82, 2.24) is 0 Å². The molecule has 1 aromatic carbocycles. The Hall–Kier alpha value is -1.45. The Balaban J connectivity index is 3.29. The lowest BCUT2D eigenvalue weighted by Crippen LogP contribution is -2.09. The number of rotatable bonds is 4. The maximum atomic E-state index is 12.1. The fourth-order valence-electron chi connectivity index (χ4n) is 1.74. The minimum absolute atomic E-state index is 0.0443. The minimum Gasteiger partial charge on any atom is -0.434 e. The third kappa shape index (κ3) is 2.56. The Kier molecular flexibility index (Phi) is 3.99. The molecule has 0 N–H and O–H groups in total. The van der Waals surface area contributed by atoms with Crippen LogP contribution in [0.4, 0.5) is 8.78 Å². The number of benzene rings is 1. The summed E-state index contributed by atoms with van der Waals surface area (Å²) < 4.78 is 28.6. The molecule has 0 radical (unpaired) electrons. The van der Waals surface area contributed by atoms with Crippen LogP contribution in [0.2, 0.25) is 0 Å². The number of Topliss-reactive ketones (excluding diaryl/α,β-unsaturated/α-hetero) is 1. The van der Waals surface area contributed by atoms with Crippen LogP contribution in [0.25, 0.3) is 0 Å². The van der Waals surface area contributed by atoms with E-state index in [2.05, 4.69) is 4.74 Å².